The molecule has 2 aliphatic heterocycles. The van der Waals surface area contributed by atoms with Gasteiger partial charge in [-0.05, 0) is 33.2 Å². The van der Waals surface area contributed by atoms with Gasteiger partial charge in [-0.1, -0.05) is 0 Å². The normalized spacial score (nSPS) is 30.6. The van der Waals surface area contributed by atoms with Crippen LogP contribution in [0.4, 0.5) is 0 Å². The lowest BCUT2D eigenvalue weighted by Crippen LogP contribution is -2.37. The van der Waals surface area contributed by atoms with Crippen LogP contribution in [-0.4, -0.2) is 52.5 Å². The van der Waals surface area contributed by atoms with Crippen molar-refractivity contribution in [2.45, 2.75) is 57.5 Å². The smallest absolute Gasteiger partial charge is 0.176 e. The van der Waals surface area contributed by atoms with E-state index >= 15 is 0 Å². The predicted octanol–water partition coefficient (Wildman–Crippen LogP) is 0.942. The molecule has 3 rings (SSSR count). The van der Waals surface area contributed by atoms with E-state index in [4.69, 9.17) is 4.74 Å². The highest BCUT2D eigenvalue weighted by Gasteiger charge is 2.31. The monoisotopic (exact) mass is 279 g/mol. The Morgan fingerprint density at radius 1 is 1.45 bits per heavy atom. The lowest BCUT2D eigenvalue weighted by molar-refractivity contribution is 0.177. The van der Waals surface area contributed by atoms with E-state index in [1.54, 1.807) is 7.11 Å². The molecule has 0 saturated carbocycles. The number of nitrogens with one attached hydrogen (secondary N) is 1. The van der Waals surface area contributed by atoms with E-state index in [0.29, 0.717) is 24.7 Å². The highest BCUT2D eigenvalue weighted by Crippen LogP contribution is 2.26. The van der Waals surface area contributed by atoms with Gasteiger partial charge in [0.05, 0.1) is 6.04 Å². The van der Waals surface area contributed by atoms with Crippen LogP contribution in [0.25, 0.3) is 0 Å². The summed E-state index contributed by atoms with van der Waals surface area (Å²) < 4.78 is 7.19. The van der Waals surface area contributed by atoms with Crippen molar-refractivity contribution in [1.29, 1.82) is 0 Å². The number of ether oxygens (including phenoxy) is 1. The van der Waals surface area contributed by atoms with Gasteiger partial charge in [-0.25, -0.2) is 9.67 Å². The number of hydrogen-bond acceptors (Lipinski definition) is 5. The maximum Gasteiger partial charge on any atom is 0.176 e. The molecule has 0 spiro atoms. The molecule has 0 aromatic carbocycles. The van der Waals surface area contributed by atoms with Crippen molar-refractivity contribution in [3.63, 3.8) is 0 Å². The SMILES string of the molecule is COCc1nc2n(n1)CCC[C@@H]2N[C@H]1C[C@H](C)N(C)C1. The van der Waals surface area contributed by atoms with Crippen molar-refractivity contribution in [2.75, 3.05) is 20.7 Å². The molecule has 2 aliphatic rings. The Labute approximate surface area is 120 Å². The van der Waals surface area contributed by atoms with Crippen molar-refractivity contribution in [1.82, 2.24) is 25.0 Å². The fraction of sp³-hybridized carbons (Fsp3) is 0.857. The number of likely N-dealkylation sites (tertiary alicyclic amines) is 1. The quantitative estimate of drug-likeness (QED) is 0.889. The Morgan fingerprint density at radius 3 is 3.00 bits per heavy atom. The topological polar surface area (TPSA) is 55.2 Å². The van der Waals surface area contributed by atoms with Crippen LogP contribution in [0.2, 0.25) is 0 Å². The van der Waals surface area contributed by atoms with Gasteiger partial charge < -0.3 is 15.0 Å². The van der Waals surface area contributed by atoms with Crippen LogP contribution in [0.1, 0.15) is 43.9 Å². The van der Waals surface area contributed by atoms with Gasteiger partial charge >= 0.3 is 0 Å². The largest absolute Gasteiger partial charge is 0.377 e. The van der Waals surface area contributed by atoms with Crippen LogP contribution in [-0.2, 0) is 17.9 Å². The van der Waals surface area contributed by atoms with Gasteiger partial charge in [-0.3, -0.25) is 0 Å². The minimum atomic E-state index is 0.338. The predicted molar refractivity (Wildman–Crippen MR) is 76.3 cm³/mol. The van der Waals surface area contributed by atoms with Crippen molar-refractivity contribution in [2.24, 2.45) is 0 Å². The second kappa shape index (κ2) is 5.79. The molecule has 1 aromatic rings. The molecular formula is C14H25N5O. The van der Waals surface area contributed by atoms with E-state index in [9.17, 15) is 0 Å². The first-order chi connectivity index (χ1) is 9.67. The molecule has 1 N–H and O–H groups in total. The fourth-order valence-corrected chi connectivity index (χ4v) is 3.35. The van der Waals surface area contributed by atoms with Crippen LogP contribution < -0.4 is 5.32 Å². The summed E-state index contributed by atoms with van der Waals surface area (Å²) in [4.78, 5) is 7.07. The molecule has 20 heavy (non-hydrogen) atoms. The van der Waals surface area contributed by atoms with E-state index < -0.39 is 0 Å². The summed E-state index contributed by atoms with van der Waals surface area (Å²) in [6, 6.07) is 1.57. The van der Waals surface area contributed by atoms with Crippen LogP contribution in [0.15, 0.2) is 0 Å². The van der Waals surface area contributed by atoms with Crippen LogP contribution >= 0.6 is 0 Å². The third-order valence-corrected chi connectivity index (χ3v) is 4.52. The number of methoxy groups -OCH3 is 1. The number of nitrogens with zero attached hydrogens (tertiary/aromatic N) is 4. The van der Waals surface area contributed by atoms with Gasteiger partial charge in [-0.15, -0.1) is 0 Å². The maximum atomic E-state index is 5.14. The van der Waals surface area contributed by atoms with Crippen molar-refractivity contribution < 1.29 is 4.74 Å². The molecular weight excluding hydrogens is 254 g/mol. The highest BCUT2D eigenvalue weighted by molar-refractivity contribution is 5.03. The zero-order valence-electron chi connectivity index (χ0n) is 12.7. The maximum absolute atomic E-state index is 5.14. The lowest BCUT2D eigenvalue weighted by atomic mass is 10.1. The summed E-state index contributed by atoms with van der Waals surface area (Å²) in [5.41, 5.74) is 0. The summed E-state index contributed by atoms with van der Waals surface area (Å²) in [5, 5.41) is 8.31. The van der Waals surface area contributed by atoms with Crippen molar-refractivity contribution in [3.8, 4) is 0 Å². The van der Waals surface area contributed by atoms with Gasteiger partial charge in [0.1, 0.15) is 12.4 Å². The second-order valence-corrected chi connectivity index (χ2v) is 6.13. The minimum Gasteiger partial charge on any atom is -0.377 e. The van der Waals surface area contributed by atoms with Crippen LogP contribution in [0, 0.1) is 0 Å². The van der Waals surface area contributed by atoms with Gasteiger partial charge in [0.2, 0.25) is 0 Å². The first-order valence-electron chi connectivity index (χ1n) is 7.56. The molecule has 112 valence electrons. The Hall–Kier alpha value is -0.980. The number of aromatic nitrogens is 3. The molecule has 0 amide bonds. The lowest BCUT2D eigenvalue weighted by Gasteiger charge is -2.26. The molecule has 1 fully saturated rings. The summed E-state index contributed by atoms with van der Waals surface area (Å²) >= 11 is 0. The molecule has 1 saturated heterocycles. The van der Waals surface area contributed by atoms with Gasteiger partial charge in [0, 0.05) is 32.3 Å². The fourth-order valence-electron chi connectivity index (χ4n) is 3.35. The third-order valence-electron chi connectivity index (χ3n) is 4.52. The summed E-state index contributed by atoms with van der Waals surface area (Å²) in [5.74, 6) is 1.89. The zero-order chi connectivity index (χ0) is 14.1. The van der Waals surface area contributed by atoms with E-state index in [0.717, 1.165) is 31.2 Å². The first kappa shape index (κ1) is 14.0. The van der Waals surface area contributed by atoms with E-state index in [1.807, 2.05) is 0 Å². The molecule has 6 nitrogen and oxygen atoms in total. The molecule has 3 atom stereocenters. The van der Waals surface area contributed by atoms with Crippen molar-refractivity contribution >= 4 is 0 Å². The molecule has 6 heteroatoms. The van der Waals surface area contributed by atoms with Gasteiger partial charge in [0.25, 0.3) is 0 Å². The Bertz CT molecular complexity index is 450. The Morgan fingerprint density at radius 2 is 2.30 bits per heavy atom. The second-order valence-electron chi connectivity index (χ2n) is 6.13. The van der Waals surface area contributed by atoms with Gasteiger partial charge in [-0.2, -0.15) is 5.10 Å². The van der Waals surface area contributed by atoms with E-state index in [1.165, 1.54) is 12.8 Å². The number of fused-ring (bicyclic) bond motifs is 1. The van der Waals surface area contributed by atoms with Gasteiger partial charge in [0.15, 0.2) is 5.82 Å². The third kappa shape index (κ3) is 2.73. The van der Waals surface area contributed by atoms with E-state index in [2.05, 4.69) is 39.0 Å². The number of rotatable bonds is 4. The zero-order valence-corrected chi connectivity index (χ0v) is 12.7. The number of aryl methyl sites for hydroxylation is 1. The van der Waals surface area contributed by atoms with Crippen molar-refractivity contribution in [3.05, 3.63) is 11.6 Å². The first-order valence-corrected chi connectivity index (χ1v) is 7.56. The number of likely N-dealkylation sites (N-methyl/N-ethyl adjacent to an activating group) is 1. The molecule has 0 unspecified atom stereocenters. The minimum absolute atomic E-state index is 0.338. The average Bonchev–Trinajstić information content (AvgIpc) is 2.95. The molecule has 0 aliphatic carbocycles. The molecule has 3 heterocycles. The highest BCUT2D eigenvalue weighted by atomic mass is 16.5. The van der Waals surface area contributed by atoms with E-state index in [-0.39, 0.29) is 0 Å². The standard InChI is InChI=1S/C14H25N5O/c1-10-7-11(8-18(10)2)15-12-5-4-6-19-14(12)16-13(17-19)9-20-3/h10-12,15H,4-9H2,1-3H3/t10-,11-,12-/m0/s1. The molecule has 0 radical (unpaired) electrons. The van der Waals surface area contributed by atoms with Crippen LogP contribution in [0.3, 0.4) is 0 Å². The average molecular weight is 279 g/mol. The summed E-state index contributed by atoms with van der Waals surface area (Å²) in [6.45, 7) is 4.89. The molecule has 1 aromatic heterocycles. The Kier molecular flexibility index (Phi) is 4.05. The molecule has 0 bridgehead atoms. The Balaban J connectivity index is 1.70. The summed E-state index contributed by atoms with van der Waals surface area (Å²) in [7, 11) is 3.89. The van der Waals surface area contributed by atoms with Crippen LogP contribution in [0.5, 0.6) is 0 Å². The summed E-state index contributed by atoms with van der Waals surface area (Å²) in [6.07, 6.45) is 3.53. The number of hydrogen-bond donors (Lipinski definition) is 1.